The van der Waals surface area contributed by atoms with Gasteiger partial charge >= 0.3 is 0 Å². The number of piperidine rings is 1. The van der Waals surface area contributed by atoms with Crippen LogP contribution >= 0.6 is 0 Å². The summed E-state index contributed by atoms with van der Waals surface area (Å²) in [5.41, 5.74) is 0.226. The van der Waals surface area contributed by atoms with E-state index in [9.17, 15) is 14.0 Å². The summed E-state index contributed by atoms with van der Waals surface area (Å²) in [6.07, 6.45) is 3.22. The molecule has 0 aromatic heterocycles. The Labute approximate surface area is 159 Å². The second-order valence-electron chi connectivity index (χ2n) is 7.30. The summed E-state index contributed by atoms with van der Waals surface area (Å²) in [4.78, 5) is 28.6. The number of ether oxygens (including phenoxy) is 1. The highest BCUT2D eigenvalue weighted by Gasteiger charge is 2.25. The number of benzene rings is 1. The number of para-hydroxylation sites is 1. The topological polar surface area (TPSA) is 61.9 Å². The normalized spacial score (nSPS) is 21.1. The number of halogens is 1. The summed E-state index contributed by atoms with van der Waals surface area (Å²) >= 11 is 0. The number of anilines is 1. The first kappa shape index (κ1) is 19.8. The van der Waals surface area contributed by atoms with E-state index in [1.165, 1.54) is 6.07 Å². The van der Waals surface area contributed by atoms with Crippen molar-refractivity contribution in [1.29, 1.82) is 0 Å². The molecule has 148 valence electrons. The molecule has 1 aromatic carbocycles. The summed E-state index contributed by atoms with van der Waals surface area (Å²) < 4.78 is 18.9. The van der Waals surface area contributed by atoms with Crippen LogP contribution in [0.4, 0.5) is 10.1 Å². The molecule has 1 unspecified atom stereocenters. The van der Waals surface area contributed by atoms with Crippen LogP contribution in [0.2, 0.25) is 0 Å². The number of hydrogen-bond donors (Lipinski definition) is 1. The largest absolute Gasteiger partial charge is 0.378 e. The number of carbonyl (C=O) groups is 2. The third kappa shape index (κ3) is 6.01. The fourth-order valence-corrected chi connectivity index (χ4v) is 3.75. The highest BCUT2D eigenvalue weighted by Crippen LogP contribution is 2.22. The van der Waals surface area contributed by atoms with Crippen LogP contribution in [-0.2, 0) is 14.3 Å². The molecule has 2 amide bonds. The van der Waals surface area contributed by atoms with Crippen molar-refractivity contribution in [3.63, 3.8) is 0 Å². The van der Waals surface area contributed by atoms with Gasteiger partial charge in [0.1, 0.15) is 5.82 Å². The van der Waals surface area contributed by atoms with Crippen molar-refractivity contribution in [3.8, 4) is 0 Å². The Hall–Kier alpha value is -1.99. The molecule has 3 rings (SSSR count). The van der Waals surface area contributed by atoms with Crippen LogP contribution in [0, 0.1) is 11.7 Å². The molecule has 1 atom stereocenters. The molecule has 6 nitrogen and oxygen atoms in total. The molecule has 0 aliphatic carbocycles. The van der Waals surface area contributed by atoms with Crippen LogP contribution in [0.1, 0.15) is 25.7 Å². The number of rotatable bonds is 6. The zero-order valence-electron chi connectivity index (χ0n) is 15.7. The molecule has 0 radical (unpaired) electrons. The molecule has 2 fully saturated rings. The van der Waals surface area contributed by atoms with Crippen LogP contribution in [0.25, 0.3) is 0 Å². The second-order valence-corrected chi connectivity index (χ2v) is 7.30. The molecule has 2 aliphatic heterocycles. The van der Waals surface area contributed by atoms with Crippen molar-refractivity contribution in [1.82, 2.24) is 9.80 Å². The molecule has 2 saturated heterocycles. The number of nitrogens with zero attached hydrogens (tertiary/aromatic N) is 2. The standard InChI is InChI=1S/C20H28FN3O3/c21-17-5-1-2-6-18(17)22-19(25)8-7-16-4-3-9-23(14-16)15-20(26)24-10-12-27-13-11-24/h1-2,5-6,16H,3-4,7-15H2,(H,22,25). The van der Waals surface area contributed by atoms with Gasteiger partial charge in [0.2, 0.25) is 11.8 Å². The monoisotopic (exact) mass is 377 g/mol. The predicted molar refractivity (Wildman–Crippen MR) is 101 cm³/mol. The number of carbonyl (C=O) groups excluding carboxylic acids is 2. The van der Waals surface area contributed by atoms with Crippen molar-refractivity contribution in [2.75, 3.05) is 51.3 Å². The number of amides is 2. The Morgan fingerprint density at radius 2 is 1.96 bits per heavy atom. The Balaban J connectivity index is 1.40. The van der Waals surface area contributed by atoms with Gasteiger partial charge in [-0.2, -0.15) is 0 Å². The lowest BCUT2D eigenvalue weighted by atomic mass is 9.93. The van der Waals surface area contributed by atoms with Crippen LogP contribution in [-0.4, -0.2) is 67.6 Å². The number of nitrogens with one attached hydrogen (secondary N) is 1. The van der Waals surface area contributed by atoms with Gasteiger partial charge in [-0.3, -0.25) is 14.5 Å². The Kier molecular flexibility index (Phi) is 7.18. The first-order valence-electron chi connectivity index (χ1n) is 9.74. The summed E-state index contributed by atoms with van der Waals surface area (Å²) in [7, 11) is 0. The van der Waals surface area contributed by atoms with Crippen molar-refractivity contribution in [2.45, 2.75) is 25.7 Å². The maximum atomic E-state index is 13.6. The summed E-state index contributed by atoms with van der Waals surface area (Å²) in [6.45, 7) is 4.78. The molecule has 7 heteroatoms. The van der Waals surface area contributed by atoms with E-state index in [0.29, 0.717) is 45.2 Å². The molecular weight excluding hydrogens is 349 g/mol. The smallest absolute Gasteiger partial charge is 0.236 e. The number of hydrogen-bond acceptors (Lipinski definition) is 4. The molecule has 27 heavy (non-hydrogen) atoms. The van der Waals surface area contributed by atoms with E-state index in [0.717, 1.165) is 32.4 Å². The third-order valence-corrected chi connectivity index (χ3v) is 5.25. The highest BCUT2D eigenvalue weighted by molar-refractivity contribution is 5.90. The average Bonchev–Trinajstić information content (AvgIpc) is 2.69. The lowest BCUT2D eigenvalue weighted by Crippen LogP contribution is -2.47. The highest BCUT2D eigenvalue weighted by atomic mass is 19.1. The van der Waals surface area contributed by atoms with Crippen LogP contribution in [0.3, 0.4) is 0 Å². The Morgan fingerprint density at radius 3 is 2.74 bits per heavy atom. The van der Waals surface area contributed by atoms with Crippen molar-refractivity contribution in [3.05, 3.63) is 30.1 Å². The molecular formula is C20H28FN3O3. The predicted octanol–water partition coefficient (Wildman–Crippen LogP) is 2.12. The van der Waals surface area contributed by atoms with Crippen LogP contribution < -0.4 is 5.32 Å². The fraction of sp³-hybridized carbons (Fsp3) is 0.600. The average molecular weight is 377 g/mol. The molecule has 2 heterocycles. The number of likely N-dealkylation sites (tertiary alicyclic amines) is 1. The van der Waals surface area contributed by atoms with Gasteiger partial charge in [0.25, 0.3) is 0 Å². The van der Waals surface area contributed by atoms with Gasteiger partial charge in [-0.25, -0.2) is 4.39 Å². The van der Waals surface area contributed by atoms with Crippen molar-refractivity contribution >= 4 is 17.5 Å². The summed E-state index contributed by atoms with van der Waals surface area (Å²) in [5.74, 6) is -0.0308. The first-order chi connectivity index (χ1) is 13.1. The van der Waals surface area contributed by atoms with Crippen LogP contribution in [0.15, 0.2) is 24.3 Å². The molecule has 1 aromatic rings. The van der Waals surface area contributed by atoms with Gasteiger partial charge in [0.05, 0.1) is 25.4 Å². The van der Waals surface area contributed by atoms with E-state index in [4.69, 9.17) is 4.74 Å². The lowest BCUT2D eigenvalue weighted by Gasteiger charge is -2.34. The van der Waals surface area contributed by atoms with Gasteiger partial charge in [0, 0.05) is 26.1 Å². The summed E-state index contributed by atoms with van der Waals surface area (Å²) in [6, 6.07) is 6.19. The molecule has 0 spiro atoms. The minimum Gasteiger partial charge on any atom is -0.378 e. The summed E-state index contributed by atoms with van der Waals surface area (Å²) in [5, 5.41) is 2.64. The Bertz CT molecular complexity index is 649. The zero-order chi connectivity index (χ0) is 19.1. The molecule has 1 N–H and O–H groups in total. The van der Waals surface area contributed by atoms with Gasteiger partial charge in [0.15, 0.2) is 0 Å². The van der Waals surface area contributed by atoms with E-state index in [-0.39, 0.29) is 17.5 Å². The SMILES string of the molecule is O=C(CCC1CCCN(CC(=O)N2CCOCC2)C1)Nc1ccccc1F. The quantitative estimate of drug-likeness (QED) is 0.825. The lowest BCUT2D eigenvalue weighted by molar-refractivity contribution is -0.137. The first-order valence-corrected chi connectivity index (χ1v) is 9.74. The van der Waals surface area contributed by atoms with E-state index in [1.54, 1.807) is 18.2 Å². The maximum Gasteiger partial charge on any atom is 0.236 e. The minimum atomic E-state index is -0.420. The third-order valence-electron chi connectivity index (χ3n) is 5.25. The molecule has 0 bridgehead atoms. The minimum absolute atomic E-state index is 0.163. The van der Waals surface area contributed by atoms with Crippen LogP contribution in [0.5, 0.6) is 0 Å². The maximum absolute atomic E-state index is 13.6. The van der Waals surface area contributed by atoms with Gasteiger partial charge in [-0.05, 0) is 43.9 Å². The second kappa shape index (κ2) is 9.80. The number of morpholine rings is 1. The zero-order valence-corrected chi connectivity index (χ0v) is 15.7. The van der Waals surface area contributed by atoms with E-state index >= 15 is 0 Å². The van der Waals surface area contributed by atoms with E-state index in [2.05, 4.69) is 10.2 Å². The van der Waals surface area contributed by atoms with E-state index < -0.39 is 5.82 Å². The Morgan fingerprint density at radius 1 is 1.19 bits per heavy atom. The van der Waals surface area contributed by atoms with E-state index in [1.807, 2.05) is 4.90 Å². The van der Waals surface area contributed by atoms with Crippen molar-refractivity contribution < 1.29 is 18.7 Å². The molecule has 2 aliphatic rings. The van der Waals surface area contributed by atoms with Gasteiger partial charge < -0.3 is 15.0 Å². The van der Waals surface area contributed by atoms with Crippen molar-refractivity contribution in [2.24, 2.45) is 5.92 Å². The fourth-order valence-electron chi connectivity index (χ4n) is 3.75. The molecule has 0 saturated carbocycles. The van der Waals surface area contributed by atoms with Gasteiger partial charge in [-0.15, -0.1) is 0 Å². The van der Waals surface area contributed by atoms with Gasteiger partial charge in [-0.1, -0.05) is 12.1 Å².